The lowest BCUT2D eigenvalue weighted by molar-refractivity contribution is 0.677. The molecule has 94 valence electrons. The molecule has 2 rings (SSSR count). The number of hydrogen-bond acceptors (Lipinski definition) is 1. The molecular formula is C16H20N2. The third-order valence-electron chi connectivity index (χ3n) is 3.06. The summed E-state index contributed by atoms with van der Waals surface area (Å²) in [6.07, 6.45) is 6.90. The smallest absolute Gasteiger partial charge is 0.140 e. The van der Waals surface area contributed by atoms with E-state index in [0.717, 1.165) is 18.6 Å². The Bertz CT molecular complexity index is 686. The van der Waals surface area contributed by atoms with Crippen molar-refractivity contribution in [2.75, 3.05) is 0 Å². The molecule has 0 bridgehead atoms. The average molecular weight is 240 g/mol. The number of nitrogens with zero attached hydrogens (tertiary/aromatic N) is 2. The minimum atomic E-state index is 0.999. The SMILES string of the molecule is C=C/C=c1\c(=C(C)C)n(CCC)c2ncccc12. The van der Waals surface area contributed by atoms with Crippen LogP contribution in [0.3, 0.4) is 0 Å². The summed E-state index contributed by atoms with van der Waals surface area (Å²) < 4.78 is 2.32. The maximum atomic E-state index is 4.54. The van der Waals surface area contributed by atoms with Gasteiger partial charge in [-0.15, -0.1) is 0 Å². The summed E-state index contributed by atoms with van der Waals surface area (Å²) in [4.78, 5) is 4.54. The number of fused-ring (bicyclic) bond motifs is 1. The van der Waals surface area contributed by atoms with Gasteiger partial charge in [0.15, 0.2) is 0 Å². The van der Waals surface area contributed by atoms with Crippen LogP contribution in [0.15, 0.2) is 31.0 Å². The van der Waals surface area contributed by atoms with E-state index in [1.54, 1.807) is 0 Å². The van der Waals surface area contributed by atoms with Gasteiger partial charge in [-0.25, -0.2) is 4.98 Å². The van der Waals surface area contributed by atoms with Gasteiger partial charge in [0.25, 0.3) is 0 Å². The summed E-state index contributed by atoms with van der Waals surface area (Å²) in [6, 6.07) is 4.13. The number of pyridine rings is 1. The van der Waals surface area contributed by atoms with Crippen LogP contribution in [-0.2, 0) is 6.54 Å². The van der Waals surface area contributed by atoms with E-state index in [0.29, 0.717) is 0 Å². The van der Waals surface area contributed by atoms with Gasteiger partial charge in [0.2, 0.25) is 0 Å². The quantitative estimate of drug-likeness (QED) is 0.806. The first-order valence-corrected chi connectivity index (χ1v) is 6.44. The molecule has 0 aliphatic heterocycles. The van der Waals surface area contributed by atoms with Crippen LogP contribution in [0, 0.1) is 0 Å². The molecule has 0 radical (unpaired) electrons. The lowest BCUT2D eigenvalue weighted by Gasteiger charge is -2.03. The molecule has 2 heteroatoms. The van der Waals surface area contributed by atoms with Crippen molar-refractivity contribution in [3.05, 3.63) is 41.6 Å². The first-order valence-electron chi connectivity index (χ1n) is 6.44. The van der Waals surface area contributed by atoms with Crippen molar-refractivity contribution < 1.29 is 0 Å². The van der Waals surface area contributed by atoms with Crippen LogP contribution in [0.25, 0.3) is 22.7 Å². The molecule has 2 aromatic heterocycles. The molecular weight excluding hydrogens is 220 g/mol. The number of aryl methyl sites for hydroxylation is 1. The zero-order valence-electron chi connectivity index (χ0n) is 11.4. The Morgan fingerprint density at radius 2 is 2.22 bits per heavy atom. The van der Waals surface area contributed by atoms with E-state index in [4.69, 9.17) is 0 Å². The molecule has 0 amide bonds. The number of allylic oxidation sites excluding steroid dienone is 1. The highest BCUT2D eigenvalue weighted by Gasteiger charge is 2.07. The number of rotatable bonds is 3. The molecule has 2 nitrogen and oxygen atoms in total. The molecule has 2 aromatic rings. The second kappa shape index (κ2) is 5.21. The molecule has 0 aromatic carbocycles. The first-order chi connectivity index (χ1) is 8.70. The van der Waals surface area contributed by atoms with Crippen LogP contribution < -0.4 is 10.6 Å². The normalized spacial score (nSPS) is 12.1. The van der Waals surface area contributed by atoms with Crippen LogP contribution in [0.2, 0.25) is 0 Å². The molecule has 0 unspecified atom stereocenters. The van der Waals surface area contributed by atoms with Crippen LogP contribution in [0.5, 0.6) is 0 Å². The lowest BCUT2D eigenvalue weighted by atomic mass is 10.2. The van der Waals surface area contributed by atoms with E-state index in [1.807, 2.05) is 18.3 Å². The number of hydrogen-bond donors (Lipinski definition) is 0. The van der Waals surface area contributed by atoms with Crippen molar-refractivity contribution in [2.24, 2.45) is 0 Å². The highest BCUT2D eigenvalue weighted by molar-refractivity contribution is 5.79. The second-order valence-electron chi connectivity index (χ2n) is 4.69. The van der Waals surface area contributed by atoms with E-state index in [9.17, 15) is 0 Å². The Hall–Kier alpha value is -1.83. The maximum absolute atomic E-state index is 4.54. The fraction of sp³-hybridized carbons (Fsp3) is 0.312. The highest BCUT2D eigenvalue weighted by atomic mass is 15.0. The minimum absolute atomic E-state index is 0.999. The Labute approximate surface area is 108 Å². The van der Waals surface area contributed by atoms with Crippen molar-refractivity contribution >= 4 is 22.7 Å². The van der Waals surface area contributed by atoms with Crippen molar-refractivity contribution in [1.82, 2.24) is 9.55 Å². The topological polar surface area (TPSA) is 17.8 Å². The molecule has 0 spiro atoms. The van der Waals surface area contributed by atoms with Gasteiger partial charge in [0.1, 0.15) is 5.65 Å². The Kier molecular flexibility index (Phi) is 3.66. The van der Waals surface area contributed by atoms with Crippen LogP contribution in [0.4, 0.5) is 0 Å². The van der Waals surface area contributed by atoms with Crippen molar-refractivity contribution in [1.29, 1.82) is 0 Å². The molecule has 0 aliphatic carbocycles. The molecule has 0 aliphatic rings. The van der Waals surface area contributed by atoms with Crippen LogP contribution >= 0.6 is 0 Å². The van der Waals surface area contributed by atoms with E-state index in [-0.39, 0.29) is 0 Å². The van der Waals surface area contributed by atoms with Gasteiger partial charge in [-0.05, 0) is 32.4 Å². The Morgan fingerprint density at radius 1 is 1.44 bits per heavy atom. The molecule has 0 saturated carbocycles. The van der Waals surface area contributed by atoms with Crippen LogP contribution in [-0.4, -0.2) is 9.55 Å². The van der Waals surface area contributed by atoms with E-state index < -0.39 is 0 Å². The number of aromatic nitrogens is 2. The van der Waals surface area contributed by atoms with Crippen LogP contribution in [0.1, 0.15) is 27.2 Å². The molecule has 0 saturated heterocycles. The summed E-state index contributed by atoms with van der Waals surface area (Å²) in [5.41, 5.74) is 2.39. The molecule has 0 atom stereocenters. The second-order valence-corrected chi connectivity index (χ2v) is 4.69. The molecule has 0 N–H and O–H groups in total. The summed E-state index contributed by atoms with van der Waals surface area (Å²) in [7, 11) is 0. The van der Waals surface area contributed by atoms with Crippen molar-refractivity contribution in [2.45, 2.75) is 33.7 Å². The molecule has 2 heterocycles. The minimum Gasteiger partial charge on any atom is -0.325 e. The lowest BCUT2D eigenvalue weighted by Crippen LogP contribution is -2.30. The average Bonchev–Trinajstić information content (AvgIpc) is 2.66. The fourth-order valence-corrected chi connectivity index (χ4v) is 2.47. The Balaban J connectivity index is 3.07. The predicted octanol–water partition coefficient (Wildman–Crippen LogP) is 2.60. The molecule has 18 heavy (non-hydrogen) atoms. The zero-order valence-corrected chi connectivity index (χ0v) is 11.4. The summed E-state index contributed by atoms with van der Waals surface area (Å²) in [5.74, 6) is 0. The third kappa shape index (κ3) is 1.99. The Morgan fingerprint density at radius 3 is 2.83 bits per heavy atom. The highest BCUT2D eigenvalue weighted by Crippen LogP contribution is 2.06. The largest absolute Gasteiger partial charge is 0.325 e. The fourth-order valence-electron chi connectivity index (χ4n) is 2.47. The van der Waals surface area contributed by atoms with Gasteiger partial charge in [0, 0.05) is 28.7 Å². The van der Waals surface area contributed by atoms with Crippen molar-refractivity contribution in [3.8, 4) is 0 Å². The van der Waals surface area contributed by atoms with Gasteiger partial charge in [0.05, 0.1) is 0 Å². The first kappa shape index (κ1) is 12.6. The molecule has 0 fully saturated rings. The zero-order chi connectivity index (χ0) is 13.1. The van der Waals surface area contributed by atoms with E-state index in [1.165, 1.54) is 21.5 Å². The van der Waals surface area contributed by atoms with E-state index in [2.05, 4.69) is 49.0 Å². The maximum Gasteiger partial charge on any atom is 0.140 e. The van der Waals surface area contributed by atoms with E-state index >= 15 is 0 Å². The monoisotopic (exact) mass is 240 g/mol. The van der Waals surface area contributed by atoms with Gasteiger partial charge in [-0.1, -0.05) is 31.2 Å². The summed E-state index contributed by atoms with van der Waals surface area (Å²) >= 11 is 0. The third-order valence-corrected chi connectivity index (χ3v) is 3.06. The summed E-state index contributed by atoms with van der Waals surface area (Å²) in [6.45, 7) is 11.3. The van der Waals surface area contributed by atoms with Gasteiger partial charge in [-0.3, -0.25) is 0 Å². The van der Waals surface area contributed by atoms with Gasteiger partial charge in [-0.2, -0.15) is 0 Å². The standard InChI is InChI=1S/C16H20N2/c1-5-8-13-14-9-7-10-17-16(14)18(11-6-2)15(13)12(3)4/h5,7-10H,1,6,11H2,2-4H3/b13-8-. The predicted molar refractivity (Wildman–Crippen MR) is 78.7 cm³/mol. The van der Waals surface area contributed by atoms with Gasteiger partial charge >= 0.3 is 0 Å². The van der Waals surface area contributed by atoms with Gasteiger partial charge < -0.3 is 4.57 Å². The van der Waals surface area contributed by atoms with Crippen molar-refractivity contribution in [3.63, 3.8) is 0 Å². The summed E-state index contributed by atoms with van der Waals surface area (Å²) in [5, 5.41) is 3.73.